The Kier molecular flexibility index (Phi) is 2.79. The van der Waals surface area contributed by atoms with Gasteiger partial charge in [0.25, 0.3) is 0 Å². The molecule has 13 heavy (non-hydrogen) atoms. The van der Waals surface area contributed by atoms with Crippen LogP contribution in [0.3, 0.4) is 0 Å². The molecule has 1 aliphatic rings. The zero-order valence-corrected chi connectivity index (χ0v) is 8.47. The highest BCUT2D eigenvalue weighted by Gasteiger charge is 2.32. The minimum absolute atomic E-state index is 0.137. The molecule has 1 saturated carbocycles. The normalized spacial score (nSPS) is 27.2. The molecule has 1 unspecified atom stereocenters. The van der Waals surface area contributed by atoms with Crippen LogP contribution in [0.1, 0.15) is 39.5 Å². The molecule has 0 amide bonds. The van der Waals surface area contributed by atoms with E-state index < -0.39 is 5.97 Å². The third kappa shape index (κ3) is 2.33. The standard InChI is InChI=1S/C11H18O2/c1-8-9(7-10(12)13)5-4-6-11(8,2)3/h9H,1,4-7H2,2-3H3,(H,12,13). The first kappa shape index (κ1) is 10.3. The van der Waals surface area contributed by atoms with Crippen molar-refractivity contribution >= 4 is 5.97 Å². The van der Waals surface area contributed by atoms with Crippen molar-refractivity contribution in [3.63, 3.8) is 0 Å². The molecule has 0 spiro atoms. The maximum absolute atomic E-state index is 10.6. The first-order chi connectivity index (χ1) is 5.93. The molecular weight excluding hydrogens is 164 g/mol. The van der Waals surface area contributed by atoms with Gasteiger partial charge in [-0.3, -0.25) is 4.79 Å². The highest BCUT2D eigenvalue weighted by atomic mass is 16.4. The van der Waals surface area contributed by atoms with Gasteiger partial charge in [-0.25, -0.2) is 0 Å². The number of carboxylic acids is 1. The van der Waals surface area contributed by atoms with Crippen molar-refractivity contribution < 1.29 is 9.90 Å². The van der Waals surface area contributed by atoms with Crippen molar-refractivity contribution in [2.45, 2.75) is 39.5 Å². The van der Waals surface area contributed by atoms with Crippen LogP contribution >= 0.6 is 0 Å². The van der Waals surface area contributed by atoms with E-state index in [0.29, 0.717) is 0 Å². The molecule has 0 aromatic heterocycles. The number of carboxylic acid groups (broad SMARTS) is 1. The minimum atomic E-state index is -0.705. The molecule has 1 fully saturated rings. The molecule has 1 aliphatic carbocycles. The number of allylic oxidation sites excluding steroid dienone is 1. The maximum atomic E-state index is 10.6. The molecule has 1 atom stereocenters. The molecule has 0 aliphatic heterocycles. The second-order valence-electron chi connectivity index (χ2n) is 4.60. The van der Waals surface area contributed by atoms with Crippen LogP contribution in [0.25, 0.3) is 0 Å². The van der Waals surface area contributed by atoms with Crippen LogP contribution < -0.4 is 0 Å². The van der Waals surface area contributed by atoms with Crippen LogP contribution in [0, 0.1) is 11.3 Å². The lowest BCUT2D eigenvalue weighted by Crippen LogP contribution is -2.27. The summed E-state index contributed by atoms with van der Waals surface area (Å²) in [6, 6.07) is 0. The smallest absolute Gasteiger partial charge is 0.303 e. The zero-order valence-electron chi connectivity index (χ0n) is 8.47. The molecule has 0 aromatic carbocycles. The summed E-state index contributed by atoms with van der Waals surface area (Å²) < 4.78 is 0. The SMILES string of the molecule is C=C1C(CC(=O)O)CCCC1(C)C. The predicted octanol–water partition coefficient (Wildman–Crippen LogP) is 2.84. The molecule has 0 saturated heterocycles. The Labute approximate surface area is 79.6 Å². The van der Waals surface area contributed by atoms with Gasteiger partial charge in [0.15, 0.2) is 0 Å². The van der Waals surface area contributed by atoms with Crippen LogP contribution in [-0.2, 0) is 4.79 Å². The van der Waals surface area contributed by atoms with Gasteiger partial charge < -0.3 is 5.11 Å². The Balaban J connectivity index is 2.66. The Bertz CT molecular complexity index is 228. The molecular formula is C11H18O2. The van der Waals surface area contributed by atoms with Gasteiger partial charge in [-0.1, -0.05) is 32.4 Å². The molecule has 0 aromatic rings. The molecule has 0 bridgehead atoms. The molecule has 2 heteroatoms. The summed E-state index contributed by atoms with van der Waals surface area (Å²) in [5.74, 6) is -0.509. The second kappa shape index (κ2) is 3.52. The third-order valence-corrected chi connectivity index (χ3v) is 3.14. The van der Waals surface area contributed by atoms with E-state index in [2.05, 4.69) is 20.4 Å². The van der Waals surface area contributed by atoms with Crippen molar-refractivity contribution in [1.82, 2.24) is 0 Å². The van der Waals surface area contributed by atoms with Gasteiger partial charge in [-0.05, 0) is 24.2 Å². The summed E-state index contributed by atoms with van der Waals surface area (Å²) in [5.41, 5.74) is 1.26. The summed E-state index contributed by atoms with van der Waals surface area (Å²) in [6.07, 6.45) is 3.52. The monoisotopic (exact) mass is 182 g/mol. The summed E-state index contributed by atoms with van der Waals surface area (Å²) in [4.78, 5) is 10.6. The van der Waals surface area contributed by atoms with Crippen LogP contribution in [0.5, 0.6) is 0 Å². The van der Waals surface area contributed by atoms with Crippen molar-refractivity contribution in [2.75, 3.05) is 0 Å². The fraction of sp³-hybridized carbons (Fsp3) is 0.727. The Morgan fingerprint density at radius 2 is 2.31 bits per heavy atom. The van der Waals surface area contributed by atoms with Gasteiger partial charge in [0.2, 0.25) is 0 Å². The van der Waals surface area contributed by atoms with Crippen molar-refractivity contribution in [2.24, 2.45) is 11.3 Å². The van der Waals surface area contributed by atoms with Gasteiger partial charge in [0.1, 0.15) is 0 Å². The van der Waals surface area contributed by atoms with Gasteiger partial charge in [-0.15, -0.1) is 0 Å². The average Bonchev–Trinajstić information content (AvgIpc) is 1.98. The molecule has 74 valence electrons. The summed E-state index contributed by atoms with van der Waals surface area (Å²) in [7, 11) is 0. The average molecular weight is 182 g/mol. The number of aliphatic carboxylic acids is 1. The first-order valence-electron chi connectivity index (χ1n) is 4.84. The largest absolute Gasteiger partial charge is 0.481 e. The van der Waals surface area contributed by atoms with Gasteiger partial charge in [0, 0.05) is 0 Å². The molecule has 0 heterocycles. The van der Waals surface area contributed by atoms with Crippen LogP contribution in [-0.4, -0.2) is 11.1 Å². The molecule has 2 nitrogen and oxygen atoms in total. The lowest BCUT2D eigenvalue weighted by atomic mass is 9.68. The minimum Gasteiger partial charge on any atom is -0.481 e. The Hall–Kier alpha value is -0.790. The number of rotatable bonds is 2. The Morgan fingerprint density at radius 3 is 2.85 bits per heavy atom. The van der Waals surface area contributed by atoms with E-state index in [-0.39, 0.29) is 17.8 Å². The van der Waals surface area contributed by atoms with Crippen molar-refractivity contribution in [3.8, 4) is 0 Å². The number of carbonyl (C=O) groups is 1. The fourth-order valence-corrected chi connectivity index (χ4v) is 2.11. The van der Waals surface area contributed by atoms with E-state index in [9.17, 15) is 4.79 Å². The lowest BCUT2D eigenvalue weighted by molar-refractivity contribution is -0.138. The van der Waals surface area contributed by atoms with E-state index >= 15 is 0 Å². The van der Waals surface area contributed by atoms with Crippen molar-refractivity contribution in [3.05, 3.63) is 12.2 Å². The number of hydrogen-bond acceptors (Lipinski definition) is 1. The zero-order chi connectivity index (χ0) is 10.1. The van der Waals surface area contributed by atoms with Crippen molar-refractivity contribution in [1.29, 1.82) is 0 Å². The van der Waals surface area contributed by atoms with Gasteiger partial charge in [-0.2, -0.15) is 0 Å². The van der Waals surface area contributed by atoms with Crippen LogP contribution in [0.4, 0.5) is 0 Å². The van der Waals surface area contributed by atoms with E-state index in [1.165, 1.54) is 0 Å². The topological polar surface area (TPSA) is 37.3 Å². The highest BCUT2D eigenvalue weighted by Crippen LogP contribution is 2.43. The Morgan fingerprint density at radius 1 is 1.69 bits per heavy atom. The fourth-order valence-electron chi connectivity index (χ4n) is 2.11. The first-order valence-corrected chi connectivity index (χ1v) is 4.84. The summed E-state index contributed by atoms with van der Waals surface area (Å²) in [5, 5.41) is 8.71. The molecule has 1 rings (SSSR count). The molecule has 1 N–H and O–H groups in total. The molecule has 0 radical (unpaired) electrons. The van der Waals surface area contributed by atoms with Gasteiger partial charge in [0.05, 0.1) is 6.42 Å². The summed E-state index contributed by atoms with van der Waals surface area (Å²) in [6.45, 7) is 8.35. The number of hydrogen-bond donors (Lipinski definition) is 1. The maximum Gasteiger partial charge on any atom is 0.303 e. The lowest BCUT2D eigenvalue weighted by Gasteiger charge is -2.37. The second-order valence-corrected chi connectivity index (χ2v) is 4.60. The third-order valence-electron chi connectivity index (χ3n) is 3.14. The van der Waals surface area contributed by atoms with Crippen LogP contribution in [0.15, 0.2) is 12.2 Å². The predicted molar refractivity (Wildman–Crippen MR) is 52.5 cm³/mol. The van der Waals surface area contributed by atoms with Crippen LogP contribution in [0.2, 0.25) is 0 Å². The highest BCUT2D eigenvalue weighted by molar-refractivity contribution is 5.67. The quantitative estimate of drug-likeness (QED) is 0.667. The van der Waals surface area contributed by atoms with E-state index in [0.717, 1.165) is 24.8 Å². The summed E-state index contributed by atoms with van der Waals surface area (Å²) >= 11 is 0. The van der Waals surface area contributed by atoms with E-state index in [1.807, 2.05) is 0 Å². The van der Waals surface area contributed by atoms with Gasteiger partial charge >= 0.3 is 5.97 Å². The van der Waals surface area contributed by atoms with E-state index in [4.69, 9.17) is 5.11 Å². The van der Waals surface area contributed by atoms with E-state index in [1.54, 1.807) is 0 Å².